The average Bonchev–Trinajstić information content (AvgIpc) is 3.78. The van der Waals surface area contributed by atoms with E-state index in [1.807, 2.05) is 22.7 Å². The summed E-state index contributed by atoms with van der Waals surface area (Å²) in [7, 11) is 0. The zero-order chi connectivity index (χ0) is 34.6. The molecule has 0 radical (unpaired) electrons. The Kier molecular flexibility index (Phi) is 7.67. The highest BCUT2D eigenvalue weighted by Crippen LogP contribution is 2.40. The molecule has 0 spiro atoms. The Balaban J connectivity index is 1.06. The van der Waals surface area contributed by atoms with Crippen LogP contribution in [0.4, 0.5) is 0 Å². The molecule has 0 N–H and O–H groups in total. The van der Waals surface area contributed by atoms with E-state index in [2.05, 4.69) is 171 Å². The predicted octanol–water partition coefficient (Wildman–Crippen LogP) is 13.8. The van der Waals surface area contributed by atoms with Crippen LogP contribution in [0.2, 0.25) is 0 Å². The molecule has 9 aromatic rings. The first-order valence-corrected chi connectivity index (χ1v) is 19.6. The second kappa shape index (κ2) is 12.8. The molecule has 2 atom stereocenters. The van der Waals surface area contributed by atoms with Crippen LogP contribution in [0.15, 0.2) is 174 Å². The number of aliphatic imine (C=N–C) groups is 2. The van der Waals surface area contributed by atoms with Gasteiger partial charge in [-0.2, -0.15) is 0 Å². The molecule has 3 heterocycles. The van der Waals surface area contributed by atoms with Gasteiger partial charge in [0.25, 0.3) is 0 Å². The third-order valence-corrected chi connectivity index (χ3v) is 12.8. The Bertz CT molecular complexity index is 2820. The summed E-state index contributed by atoms with van der Waals surface area (Å²) in [5.74, 6) is 0.935. The van der Waals surface area contributed by atoms with Gasteiger partial charge < -0.3 is 0 Å². The number of benzene rings is 7. The quantitative estimate of drug-likeness (QED) is 0.165. The van der Waals surface area contributed by atoms with Gasteiger partial charge in [-0.3, -0.25) is 4.99 Å². The van der Waals surface area contributed by atoms with Gasteiger partial charge in [-0.05, 0) is 64.1 Å². The molecule has 248 valence electrons. The maximum Gasteiger partial charge on any atom is 0.155 e. The van der Waals surface area contributed by atoms with Gasteiger partial charge >= 0.3 is 0 Å². The monoisotopic (exact) mass is 702 g/mol. The van der Waals surface area contributed by atoms with Gasteiger partial charge in [0, 0.05) is 51.8 Å². The SMILES string of the molecule is CCC1C(c2ccc3c(c2)sc2ccccc23)=NC(c2ccc(-c3ccc4c(c3)sc3ccccc34)cc2)=NC1c1ccc(-c2ccccc2)cc1. The lowest BCUT2D eigenvalue weighted by molar-refractivity contribution is 0.532. The number of fused-ring (bicyclic) bond motifs is 6. The smallest absolute Gasteiger partial charge is 0.155 e. The normalized spacial score (nSPS) is 16.1. The first-order valence-electron chi connectivity index (χ1n) is 18.0. The number of hydrogen-bond acceptors (Lipinski definition) is 4. The molecular formula is C48H34N2S2. The van der Waals surface area contributed by atoms with E-state index >= 15 is 0 Å². The van der Waals surface area contributed by atoms with E-state index in [-0.39, 0.29) is 12.0 Å². The van der Waals surface area contributed by atoms with Gasteiger partial charge in [0.2, 0.25) is 0 Å². The van der Waals surface area contributed by atoms with Crippen molar-refractivity contribution in [2.45, 2.75) is 19.4 Å². The fourth-order valence-corrected chi connectivity index (χ4v) is 10.1. The number of nitrogens with zero attached hydrogens (tertiary/aromatic N) is 2. The molecule has 0 saturated heterocycles. The first-order chi connectivity index (χ1) is 25.7. The minimum atomic E-state index is -0.0505. The lowest BCUT2D eigenvalue weighted by Gasteiger charge is -2.30. The molecular weight excluding hydrogens is 669 g/mol. The minimum Gasteiger partial charge on any atom is -0.257 e. The summed E-state index contributed by atoms with van der Waals surface area (Å²) < 4.78 is 5.26. The van der Waals surface area contributed by atoms with Crippen LogP contribution in [-0.2, 0) is 0 Å². The molecule has 0 amide bonds. The van der Waals surface area contributed by atoms with Crippen LogP contribution in [0, 0.1) is 5.92 Å². The zero-order valence-corrected chi connectivity index (χ0v) is 30.3. The van der Waals surface area contributed by atoms with Crippen molar-refractivity contribution in [2.24, 2.45) is 15.9 Å². The highest BCUT2D eigenvalue weighted by molar-refractivity contribution is 7.26. The lowest BCUT2D eigenvalue weighted by Crippen LogP contribution is -2.28. The summed E-state index contributed by atoms with van der Waals surface area (Å²) in [6, 6.07) is 59.5. The Hall–Kier alpha value is -5.68. The van der Waals surface area contributed by atoms with Crippen LogP contribution in [0.1, 0.15) is 36.1 Å². The van der Waals surface area contributed by atoms with Gasteiger partial charge in [0.15, 0.2) is 5.84 Å². The second-order valence-corrected chi connectivity index (χ2v) is 15.8. The van der Waals surface area contributed by atoms with Crippen molar-refractivity contribution in [3.8, 4) is 22.3 Å². The van der Waals surface area contributed by atoms with Gasteiger partial charge in [-0.1, -0.05) is 146 Å². The van der Waals surface area contributed by atoms with E-state index in [1.165, 1.54) is 73.7 Å². The van der Waals surface area contributed by atoms with Gasteiger partial charge in [0.1, 0.15) is 0 Å². The third kappa shape index (κ3) is 5.38. The van der Waals surface area contributed by atoms with Gasteiger partial charge in [0.05, 0.1) is 11.8 Å². The van der Waals surface area contributed by atoms with E-state index in [0.717, 1.165) is 23.5 Å². The van der Waals surface area contributed by atoms with Crippen molar-refractivity contribution in [1.29, 1.82) is 0 Å². The topological polar surface area (TPSA) is 24.7 Å². The van der Waals surface area contributed by atoms with Crippen LogP contribution < -0.4 is 0 Å². The van der Waals surface area contributed by atoms with Crippen LogP contribution in [-0.4, -0.2) is 11.5 Å². The van der Waals surface area contributed by atoms with Crippen molar-refractivity contribution in [1.82, 2.24) is 0 Å². The standard InChI is InChI=1S/C48H34N2S2/c1-2-37-46(33-20-16-31(17-21-33)30-10-4-3-5-11-30)49-48(50-47(37)36-25-27-41-39-13-7-9-15-43(39)52-45(41)29-36)34-22-18-32(19-23-34)35-24-26-40-38-12-6-8-14-42(38)51-44(40)28-35/h3-29,37,46H,2H2,1H3. The van der Waals surface area contributed by atoms with Crippen molar-refractivity contribution < 1.29 is 0 Å². The number of thiophene rings is 2. The predicted molar refractivity (Wildman–Crippen MR) is 226 cm³/mol. The number of hydrogen-bond donors (Lipinski definition) is 0. The van der Waals surface area contributed by atoms with Crippen LogP contribution in [0.3, 0.4) is 0 Å². The highest BCUT2D eigenvalue weighted by atomic mass is 32.1. The van der Waals surface area contributed by atoms with E-state index < -0.39 is 0 Å². The van der Waals surface area contributed by atoms with Crippen LogP contribution in [0.25, 0.3) is 62.6 Å². The Morgan fingerprint density at radius 1 is 0.442 bits per heavy atom. The third-order valence-electron chi connectivity index (χ3n) is 10.5. The van der Waals surface area contributed by atoms with E-state index in [0.29, 0.717) is 0 Å². The summed E-state index contributed by atoms with van der Waals surface area (Å²) >= 11 is 3.72. The maximum absolute atomic E-state index is 5.45. The molecule has 2 aromatic heterocycles. The van der Waals surface area contributed by atoms with E-state index in [1.54, 1.807) is 0 Å². The molecule has 2 nitrogen and oxygen atoms in total. The molecule has 0 bridgehead atoms. The summed E-state index contributed by atoms with van der Waals surface area (Å²) in [5, 5.41) is 5.27. The van der Waals surface area contributed by atoms with E-state index in [9.17, 15) is 0 Å². The summed E-state index contributed by atoms with van der Waals surface area (Å²) in [5.41, 5.74) is 9.39. The fraction of sp³-hybridized carbons (Fsp3) is 0.0833. The second-order valence-electron chi connectivity index (χ2n) is 13.6. The number of amidine groups is 1. The van der Waals surface area contributed by atoms with Crippen LogP contribution >= 0.6 is 22.7 Å². The lowest BCUT2D eigenvalue weighted by atomic mass is 9.82. The Morgan fingerprint density at radius 3 is 1.58 bits per heavy atom. The van der Waals surface area contributed by atoms with Crippen molar-refractivity contribution in [3.63, 3.8) is 0 Å². The Morgan fingerprint density at radius 2 is 0.923 bits per heavy atom. The van der Waals surface area contributed by atoms with Gasteiger partial charge in [-0.25, -0.2) is 4.99 Å². The van der Waals surface area contributed by atoms with Crippen molar-refractivity contribution in [3.05, 3.63) is 180 Å². The van der Waals surface area contributed by atoms with Crippen molar-refractivity contribution in [2.75, 3.05) is 0 Å². The molecule has 2 unspecified atom stereocenters. The van der Waals surface area contributed by atoms with Crippen molar-refractivity contribution >= 4 is 74.6 Å². The maximum atomic E-state index is 5.45. The molecule has 7 aromatic carbocycles. The van der Waals surface area contributed by atoms with Crippen LogP contribution in [0.5, 0.6) is 0 Å². The first kappa shape index (κ1) is 31.1. The summed E-state index contributed by atoms with van der Waals surface area (Å²) in [6.45, 7) is 2.27. The number of rotatable bonds is 6. The van der Waals surface area contributed by atoms with E-state index in [4.69, 9.17) is 9.98 Å². The van der Waals surface area contributed by atoms with Gasteiger partial charge in [-0.15, -0.1) is 22.7 Å². The summed E-state index contributed by atoms with van der Waals surface area (Å²) in [4.78, 5) is 10.9. The largest absolute Gasteiger partial charge is 0.257 e. The summed E-state index contributed by atoms with van der Waals surface area (Å²) in [6.07, 6.45) is 0.935. The Labute approximate surface area is 311 Å². The molecule has 0 fully saturated rings. The molecule has 4 heteroatoms. The molecule has 0 saturated carbocycles. The average molecular weight is 703 g/mol. The molecule has 10 rings (SSSR count). The minimum absolute atomic E-state index is 0.0505. The molecule has 0 aliphatic carbocycles. The fourth-order valence-electron chi connectivity index (χ4n) is 7.84. The zero-order valence-electron chi connectivity index (χ0n) is 28.7. The molecule has 1 aliphatic heterocycles. The molecule has 1 aliphatic rings. The molecule has 52 heavy (non-hydrogen) atoms. The highest BCUT2D eigenvalue weighted by Gasteiger charge is 2.32.